The maximum Gasteiger partial charge on any atom is 0.130 e. The highest BCUT2D eigenvalue weighted by Gasteiger charge is 2.34. The van der Waals surface area contributed by atoms with Gasteiger partial charge in [-0.15, -0.1) is 0 Å². The number of hydrogen-bond donors (Lipinski definition) is 0. The van der Waals surface area contributed by atoms with Crippen molar-refractivity contribution in [2.75, 3.05) is 14.2 Å². The van der Waals surface area contributed by atoms with Gasteiger partial charge >= 0.3 is 0 Å². The SMILES string of the molecule is COc1cc(C(C)C)cc(OC)c1-c1ccccc1P(C1CCCCC1)C1CCCCC1. The van der Waals surface area contributed by atoms with Crippen molar-refractivity contribution in [2.45, 2.75) is 95.3 Å². The molecule has 4 rings (SSSR count). The van der Waals surface area contributed by atoms with E-state index in [0.29, 0.717) is 5.92 Å². The number of ether oxygens (including phenoxy) is 2. The number of benzene rings is 2. The van der Waals surface area contributed by atoms with E-state index in [-0.39, 0.29) is 7.92 Å². The van der Waals surface area contributed by atoms with E-state index in [9.17, 15) is 0 Å². The number of rotatable bonds is 7. The summed E-state index contributed by atoms with van der Waals surface area (Å²) >= 11 is 0. The van der Waals surface area contributed by atoms with Gasteiger partial charge in [-0.05, 0) is 71.5 Å². The molecule has 0 amide bonds. The lowest BCUT2D eigenvalue weighted by Gasteiger charge is -2.39. The summed E-state index contributed by atoms with van der Waals surface area (Å²) in [7, 11) is 3.40. The van der Waals surface area contributed by atoms with E-state index in [1.54, 1.807) is 19.5 Å². The van der Waals surface area contributed by atoms with E-state index >= 15 is 0 Å². The Morgan fingerprint density at radius 2 is 1.25 bits per heavy atom. The summed E-state index contributed by atoms with van der Waals surface area (Å²) in [6, 6.07) is 13.7. The van der Waals surface area contributed by atoms with E-state index in [4.69, 9.17) is 9.47 Å². The Hall–Kier alpha value is -1.53. The largest absolute Gasteiger partial charge is 0.496 e. The van der Waals surface area contributed by atoms with E-state index < -0.39 is 0 Å². The molecule has 2 fully saturated rings. The quantitative estimate of drug-likeness (QED) is 0.394. The Morgan fingerprint density at radius 3 is 1.72 bits per heavy atom. The molecule has 0 heterocycles. The van der Waals surface area contributed by atoms with Gasteiger partial charge in [0.1, 0.15) is 11.5 Å². The summed E-state index contributed by atoms with van der Waals surface area (Å²) in [5.74, 6) is 2.33. The van der Waals surface area contributed by atoms with Crippen LogP contribution in [0.15, 0.2) is 36.4 Å². The number of hydrogen-bond acceptors (Lipinski definition) is 2. The van der Waals surface area contributed by atoms with Gasteiger partial charge in [0.15, 0.2) is 0 Å². The Bertz CT molecular complexity index is 835. The molecule has 0 aromatic heterocycles. The minimum Gasteiger partial charge on any atom is -0.496 e. The molecule has 32 heavy (non-hydrogen) atoms. The van der Waals surface area contributed by atoms with Crippen LogP contribution in [0.4, 0.5) is 0 Å². The summed E-state index contributed by atoms with van der Waals surface area (Å²) < 4.78 is 12.0. The molecular weight excluding hydrogens is 411 g/mol. The molecule has 2 aromatic carbocycles. The molecule has 2 saturated carbocycles. The topological polar surface area (TPSA) is 18.5 Å². The molecule has 0 aliphatic heterocycles. The normalized spacial score (nSPS) is 18.3. The monoisotopic (exact) mass is 452 g/mol. The molecule has 2 aromatic rings. The molecule has 0 N–H and O–H groups in total. The maximum atomic E-state index is 5.99. The van der Waals surface area contributed by atoms with Crippen LogP contribution in [0.3, 0.4) is 0 Å². The van der Waals surface area contributed by atoms with Gasteiger partial charge in [-0.3, -0.25) is 0 Å². The summed E-state index contributed by atoms with van der Waals surface area (Å²) in [6.45, 7) is 4.46. The van der Waals surface area contributed by atoms with Crippen molar-refractivity contribution >= 4 is 13.2 Å². The molecule has 174 valence electrons. The van der Waals surface area contributed by atoms with Gasteiger partial charge in [0.25, 0.3) is 0 Å². The zero-order chi connectivity index (χ0) is 22.5. The molecular formula is C29H41O2P. The van der Waals surface area contributed by atoms with Crippen LogP contribution in [0.1, 0.15) is 89.5 Å². The highest BCUT2D eigenvalue weighted by Crippen LogP contribution is 2.57. The van der Waals surface area contributed by atoms with Gasteiger partial charge in [0.05, 0.1) is 19.8 Å². The highest BCUT2D eigenvalue weighted by molar-refractivity contribution is 7.67. The van der Waals surface area contributed by atoms with Crippen LogP contribution >= 0.6 is 7.92 Å². The van der Waals surface area contributed by atoms with Crippen molar-refractivity contribution in [3.8, 4) is 22.6 Å². The summed E-state index contributed by atoms with van der Waals surface area (Å²) in [4.78, 5) is 0. The molecule has 0 atom stereocenters. The van der Waals surface area contributed by atoms with Crippen LogP contribution in [-0.4, -0.2) is 25.5 Å². The lowest BCUT2D eigenvalue weighted by atomic mass is 9.96. The minimum atomic E-state index is -0.203. The fourth-order valence-electron chi connectivity index (χ4n) is 5.85. The van der Waals surface area contributed by atoms with Gasteiger partial charge in [0, 0.05) is 0 Å². The molecule has 0 bridgehead atoms. The number of methoxy groups -OCH3 is 2. The van der Waals surface area contributed by atoms with Crippen molar-refractivity contribution in [3.63, 3.8) is 0 Å². The minimum absolute atomic E-state index is 0.203. The van der Waals surface area contributed by atoms with Crippen LogP contribution < -0.4 is 14.8 Å². The second-order valence-corrected chi connectivity index (χ2v) is 12.7. The third-order valence-electron chi connectivity index (χ3n) is 7.58. The van der Waals surface area contributed by atoms with Gasteiger partial charge < -0.3 is 9.47 Å². The van der Waals surface area contributed by atoms with Crippen LogP contribution in [0, 0.1) is 0 Å². The summed E-state index contributed by atoms with van der Waals surface area (Å²) in [6.07, 6.45) is 14.1. The van der Waals surface area contributed by atoms with Gasteiger partial charge in [-0.2, -0.15) is 0 Å². The predicted molar refractivity (Wildman–Crippen MR) is 139 cm³/mol. The Kier molecular flexibility index (Phi) is 8.17. The lowest BCUT2D eigenvalue weighted by molar-refractivity contribution is 0.396. The van der Waals surface area contributed by atoms with Crippen molar-refractivity contribution < 1.29 is 9.47 Å². The molecule has 2 nitrogen and oxygen atoms in total. The second kappa shape index (κ2) is 11.1. The molecule has 3 heteroatoms. The smallest absolute Gasteiger partial charge is 0.130 e. The first kappa shape index (κ1) is 23.6. The van der Waals surface area contributed by atoms with Crippen molar-refractivity contribution in [1.82, 2.24) is 0 Å². The van der Waals surface area contributed by atoms with Crippen LogP contribution in [0.5, 0.6) is 11.5 Å². The van der Waals surface area contributed by atoms with E-state index in [2.05, 4.69) is 50.2 Å². The van der Waals surface area contributed by atoms with Gasteiger partial charge in [-0.25, -0.2) is 0 Å². The summed E-state index contributed by atoms with van der Waals surface area (Å²) in [5, 5.41) is 1.59. The predicted octanol–water partition coefficient (Wildman–Crippen LogP) is 8.27. The fraction of sp³-hybridized carbons (Fsp3) is 0.586. The van der Waals surface area contributed by atoms with E-state index in [1.807, 2.05) is 0 Å². The van der Waals surface area contributed by atoms with Crippen molar-refractivity contribution in [2.24, 2.45) is 0 Å². The molecule has 2 aliphatic rings. The second-order valence-electron chi connectivity index (χ2n) is 9.96. The van der Waals surface area contributed by atoms with Crippen LogP contribution in [-0.2, 0) is 0 Å². The third kappa shape index (κ3) is 5.01. The van der Waals surface area contributed by atoms with E-state index in [0.717, 1.165) is 28.4 Å². The zero-order valence-electron chi connectivity index (χ0n) is 20.5. The molecule has 2 aliphatic carbocycles. The first-order valence-corrected chi connectivity index (χ1v) is 14.3. The van der Waals surface area contributed by atoms with Crippen molar-refractivity contribution in [3.05, 3.63) is 42.0 Å². The van der Waals surface area contributed by atoms with E-state index in [1.165, 1.54) is 75.3 Å². The molecule has 0 radical (unpaired) electrons. The third-order valence-corrected chi connectivity index (χ3v) is 11.1. The van der Waals surface area contributed by atoms with Crippen LogP contribution in [0.2, 0.25) is 0 Å². The first-order valence-electron chi connectivity index (χ1n) is 12.8. The average molecular weight is 453 g/mol. The lowest BCUT2D eigenvalue weighted by Crippen LogP contribution is -2.27. The molecule has 0 spiro atoms. The Balaban J connectivity index is 1.85. The Labute approximate surface area is 196 Å². The highest BCUT2D eigenvalue weighted by atomic mass is 31.1. The van der Waals surface area contributed by atoms with Crippen molar-refractivity contribution in [1.29, 1.82) is 0 Å². The zero-order valence-corrected chi connectivity index (χ0v) is 21.4. The van der Waals surface area contributed by atoms with Gasteiger partial charge in [-0.1, -0.05) is 84.6 Å². The maximum absolute atomic E-state index is 5.99. The van der Waals surface area contributed by atoms with Gasteiger partial charge in [0.2, 0.25) is 0 Å². The average Bonchev–Trinajstić information content (AvgIpc) is 2.85. The first-order chi connectivity index (χ1) is 15.6. The Morgan fingerprint density at radius 1 is 0.750 bits per heavy atom. The molecule has 0 unspecified atom stereocenters. The molecule has 0 saturated heterocycles. The standard InChI is InChI=1S/C29H41O2P/c1-21(2)22-19-26(30-3)29(27(20-22)31-4)25-17-11-12-18-28(25)32(23-13-7-5-8-14-23)24-15-9-6-10-16-24/h11-12,17-21,23-24H,5-10,13-16H2,1-4H3. The summed E-state index contributed by atoms with van der Waals surface area (Å²) in [5.41, 5.74) is 5.50. The fourth-order valence-corrected chi connectivity index (χ4v) is 9.80. The van der Waals surface area contributed by atoms with Crippen LogP contribution in [0.25, 0.3) is 11.1 Å².